The Morgan fingerprint density at radius 1 is 1.23 bits per heavy atom. The summed E-state index contributed by atoms with van der Waals surface area (Å²) < 4.78 is 20.9. The van der Waals surface area contributed by atoms with E-state index in [9.17, 15) is 14.0 Å². The molecule has 1 atom stereocenters. The molecule has 0 saturated heterocycles. The lowest BCUT2D eigenvalue weighted by Crippen LogP contribution is -2.41. The molecule has 3 aromatic rings. The van der Waals surface area contributed by atoms with Crippen molar-refractivity contribution in [1.82, 2.24) is 14.8 Å². The zero-order chi connectivity index (χ0) is 22.0. The van der Waals surface area contributed by atoms with Gasteiger partial charge in [-0.3, -0.25) is 14.5 Å². The lowest BCUT2D eigenvalue weighted by atomic mass is 10.1. The van der Waals surface area contributed by atoms with E-state index in [4.69, 9.17) is 4.74 Å². The molecule has 160 valence electrons. The number of anilines is 2. The van der Waals surface area contributed by atoms with Gasteiger partial charge in [-0.1, -0.05) is 36.0 Å². The first-order valence-corrected chi connectivity index (χ1v) is 10.5. The summed E-state index contributed by atoms with van der Waals surface area (Å²) in [6.07, 6.45) is 0. The summed E-state index contributed by atoms with van der Waals surface area (Å²) in [5.74, 6) is 0.218. The molecule has 1 aliphatic heterocycles. The normalized spacial score (nSPS) is 14.0. The van der Waals surface area contributed by atoms with Gasteiger partial charge in [0.05, 0.1) is 23.2 Å². The van der Waals surface area contributed by atoms with E-state index < -0.39 is 11.9 Å². The van der Waals surface area contributed by atoms with Crippen molar-refractivity contribution in [3.05, 3.63) is 60.2 Å². The molecule has 0 aliphatic carbocycles. The largest absolute Gasteiger partial charge is 0.482 e. The molecular weight excluding hydrogens is 421 g/mol. The second kappa shape index (κ2) is 8.76. The van der Waals surface area contributed by atoms with Crippen LogP contribution in [0.4, 0.5) is 15.8 Å². The molecule has 0 fully saturated rings. The van der Waals surface area contributed by atoms with Crippen LogP contribution in [0.1, 0.15) is 18.8 Å². The van der Waals surface area contributed by atoms with Crippen LogP contribution in [0.3, 0.4) is 0 Å². The Balaban J connectivity index is 1.46. The molecule has 2 aromatic carbocycles. The van der Waals surface area contributed by atoms with E-state index in [0.29, 0.717) is 22.4 Å². The number of fused-ring (bicyclic) bond motifs is 1. The Labute approximate surface area is 182 Å². The van der Waals surface area contributed by atoms with Gasteiger partial charge in [0.2, 0.25) is 5.91 Å². The van der Waals surface area contributed by atoms with Crippen molar-refractivity contribution in [3.8, 4) is 5.75 Å². The SMILES string of the molecule is C[C@@H](c1nnc(SCC(=O)Nc2ccccc2F)n1C)N1C(=O)COc2ccccc21. The average molecular weight is 441 g/mol. The van der Waals surface area contributed by atoms with E-state index in [1.54, 1.807) is 28.6 Å². The fraction of sp³-hybridized carbons (Fsp3) is 0.238. The number of carbonyl (C=O) groups excluding carboxylic acids is 2. The van der Waals surface area contributed by atoms with E-state index in [1.807, 2.05) is 31.2 Å². The maximum Gasteiger partial charge on any atom is 0.265 e. The highest BCUT2D eigenvalue weighted by molar-refractivity contribution is 7.99. The minimum atomic E-state index is -0.494. The smallest absolute Gasteiger partial charge is 0.265 e. The third-order valence-electron chi connectivity index (χ3n) is 4.85. The number of carbonyl (C=O) groups is 2. The van der Waals surface area contributed by atoms with E-state index in [2.05, 4.69) is 15.5 Å². The topological polar surface area (TPSA) is 89.4 Å². The lowest BCUT2D eigenvalue weighted by Gasteiger charge is -2.33. The Morgan fingerprint density at radius 3 is 2.77 bits per heavy atom. The van der Waals surface area contributed by atoms with E-state index in [-0.39, 0.29) is 29.9 Å². The summed E-state index contributed by atoms with van der Waals surface area (Å²) in [5, 5.41) is 11.5. The predicted octanol–water partition coefficient (Wildman–Crippen LogP) is 3.17. The van der Waals surface area contributed by atoms with Gasteiger partial charge in [0, 0.05) is 7.05 Å². The van der Waals surface area contributed by atoms with Crippen molar-refractivity contribution in [2.45, 2.75) is 18.1 Å². The summed E-state index contributed by atoms with van der Waals surface area (Å²) in [5.41, 5.74) is 0.803. The number of benzene rings is 2. The molecular formula is C21H20FN5O3S. The molecule has 0 spiro atoms. The maximum atomic E-state index is 13.7. The van der Waals surface area contributed by atoms with Crippen LogP contribution >= 0.6 is 11.8 Å². The number of thioether (sulfide) groups is 1. The van der Waals surface area contributed by atoms with Gasteiger partial charge in [-0.2, -0.15) is 0 Å². The number of nitrogens with one attached hydrogen (secondary N) is 1. The van der Waals surface area contributed by atoms with Crippen LogP contribution in [0.15, 0.2) is 53.7 Å². The van der Waals surface area contributed by atoms with Gasteiger partial charge in [-0.15, -0.1) is 10.2 Å². The van der Waals surface area contributed by atoms with E-state index in [1.165, 1.54) is 23.9 Å². The van der Waals surface area contributed by atoms with Crippen molar-refractivity contribution in [2.24, 2.45) is 7.05 Å². The Bertz CT molecular complexity index is 1140. The van der Waals surface area contributed by atoms with Crippen molar-refractivity contribution < 1.29 is 18.7 Å². The first-order chi connectivity index (χ1) is 15.0. The molecule has 0 bridgehead atoms. The summed E-state index contributed by atoms with van der Waals surface area (Å²) in [4.78, 5) is 26.4. The number of hydrogen-bond acceptors (Lipinski definition) is 6. The molecule has 10 heteroatoms. The molecule has 31 heavy (non-hydrogen) atoms. The Morgan fingerprint density at radius 2 is 1.97 bits per heavy atom. The number of ether oxygens (including phenoxy) is 1. The van der Waals surface area contributed by atoms with Crippen molar-refractivity contribution in [3.63, 3.8) is 0 Å². The zero-order valence-electron chi connectivity index (χ0n) is 16.9. The highest BCUT2D eigenvalue weighted by atomic mass is 32.2. The maximum absolute atomic E-state index is 13.7. The monoisotopic (exact) mass is 441 g/mol. The van der Waals surface area contributed by atoms with Crippen LogP contribution in [0, 0.1) is 5.82 Å². The quantitative estimate of drug-likeness (QED) is 0.591. The minimum absolute atomic E-state index is 0.0357. The highest BCUT2D eigenvalue weighted by Gasteiger charge is 2.32. The fourth-order valence-electron chi connectivity index (χ4n) is 3.36. The van der Waals surface area contributed by atoms with Crippen LogP contribution < -0.4 is 15.0 Å². The van der Waals surface area contributed by atoms with Crippen LogP contribution in [0.2, 0.25) is 0 Å². The third-order valence-corrected chi connectivity index (χ3v) is 5.87. The molecule has 2 heterocycles. The highest BCUT2D eigenvalue weighted by Crippen LogP contribution is 2.37. The fourth-order valence-corrected chi connectivity index (χ4v) is 4.07. The first-order valence-electron chi connectivity index (χ1n) is 9.56. The molecule has 8 nitrogen and oxygen atoms in total. The van der Waals surface area contributed by atoms with Gasteiger partial charge in [0.25, 0.3) is 5.91 Å². The second-order valence-corrected chi connectivity index (χ2v) is 7.86. The van der Waals surface area contributed by atoms with Crippen LogP contribution in [-0.2, 0) is 16.6 Å². The molecule has 1 aliphatic rings. The molecule has 0 saturated carbocycles. The summed E-state index contributed by atoms with van der Waals surface area (Å²) in [7, 11) is 1.78. The number of amides is 2. The number of halogens is 1. The van der Waals surface area contributed by atoms with Gasteiger partial charge in [-0.25, -0.2) is 4.39 Å². The molecule has 2 amide bonds. The zero-order valence-corrected chi connectivity index (χ0v) is 17.7. The number of rotatable bonds is 6. The van der Waals surface area contributed by atoms with Gasteiger partial charge in [0.1, 0.15) is 11.6 Å². The second-order valence-electron chi connectivity index (χ2n) is 6.91. The van der Waals surface area contributed by atoms with Gasteiger partial charge in [-0.05, 0) is 31.2 Å². The van der Waals surface area contributed by atoms with Crippen molar-refractivity contribution in [1.29, 1.82) is 0 Å². The number of para-hydroxylation sites is 3. The van der Waals surface area contributed by atoms with Gasteiger partial charge in [0.15, 0.2) is 17.6 Å². The standard InChI is InChI=1S/C21H20FN5O3S/c1-13(27-16-9-5-6-10-17(16)30-11-19(27)29)20-24-25-21(26(20)2)31-12-18(28)23-15-8-4-3-7-14(15)22/h3-10,13H,11-12H2,1-2H3,(H,23,28)/t13-/m0/s1. The minimum Gasteiger partial charge on any atom is -0.482 e. The average Bonchev–Trinajstić information content (AvgIpc) is 3.14. The van der Waals surface area contributed by atoms with Crippen molar-refractivity contribution >= 4 is 35.0 Å². The van der Waals surface area contributed by atoms with E-state index in [0.717, 1.165) is 0 Å². The molecule has 1 N–H and O–H groups in total. The number of aromatic nitrogens is 3. The summed E-state index contributed by atoms with van der Waals surface area (Å²) >= 11 is 1.18. The lowest BCUT2D eigenvalue weighted by molar-refractivity contribution is -0.121. The molecule has 1 aromatic heterocycles. The Hall–Kier alpha value is -3.40. The summed E-state index contributed by atoms with van der Waals surface area (Å²) in [6, 6.07) is 12.9. The first kappa shape index (κ1) is 20.9. The Kier molecular flexibility index (Phi) is 5.90. The molecule has 0 unspecified atom stereocenters. The number of nitrogens with zero attached hydrogens (tertiary/aromatic N) is 4. The van der Waals surface area contributed by atoms with Crippen LogP contribution in [0.5, 0.6) is 5.75 Å². The number of hydrogen-bond donors (Lipinski definition) is 1. The van der Waals surface area contributed by atoms with Gasteiger partial charge >= 0.3 is 0 Å². The third kappa shape index (κ3) is 4.24. The predicted molar refractivity (Wildman–Crippen MR) is 115 cm³/mol. The van der Waals surface area contributed by atoms with Crippen LogP contribution in [-0.4, -0.2) is 38.9 Å². The van der Waals surface area contributed by atoms with E-state index >= 15 is 0 Å². The van der Waals surface area contributed by atoms with Gasteiger partial charge < -0.3 is 14.6 Å². The van der Waals surface area contributed by atoms with Crippen LogP contribution in [0.25, 0.3) is 0 Å². The summed E-state index contributed by atoms with van der Waals surface area (Å²) in [6.45, 7) is 1.82. The van der Waals surface area contributed by atoms with Crippen molar-refractivity contribution in [2.75, 3.05) is 22.6 Å². The molecule has 0 radical (unpaired) electrons. The molecule has 4 rings (SSSR count).